The van der Waals surface area contributed by atoms with Crippen LogP contribution in [0.1, 0.15) is 45.1 Å². The van der Waals surface area contributed by atoms with Gasteiger partial charge in [0.25, 0.3) is 0 Å². The summed E-state index contributed by atoms with van der Waals surface area (Å²) in [5.41, 5.74) is 7.55. The molecule has 0 spiro atoms. The minimum absolute atomic E-state index is 0.00596. The van der Waals surface area contributed by atoms with Gasteiger partial charge in [0.15, 0.2) is 11.5 Å². The molecule has 2 amide bonds. The summed E-state index contributed by atoms with van der Waals surface area (Å²) in [5.74, 6) is 1.21. The molecule has 0 radical (unpaired) electrons. The van der Waals surface area contributed by atoms with Gasteiger partial charge < -0.3 is 15.2 Å². The van der Waals surface area contributed by atoms with Crippen molar-refractivity contribution in [2.24, 2.45) is 28.6 Å². The molecule has 1 fully saturated rings. The van der Waals surface area contributed by atoms with E-state index in [1.807, 2.05) is 32.0 Å². The predicted molar refractivity (Wildman–Crippen MR) is 131 cm³/mol. The predicted octanol–water partition coefficient (Wildman–Crippen LogP) is 2.81. The minimum Gasteiger partial charge on any atom is -0.493 e. The van der Waals surface area contributed by atoms with Crippen LogP contribution in [0.3, 0.4) is 0 Å². The lowest BCUT2D eigenvalue weighted by molar-refractivity contribution is -0.142. The maximum absolute atomic E-state index is 13.5. The summed E-state index contributed by atoms with van der Waals surface area (Å²) in [7, 11) is 3.24. The van der Waals surface area contributed by atoms with Crippen molar-refractivity contribution in [1.82, 2.24) is 9.91 Å². The fraction of sp³-hybridized carbons (Fsp3) is 0.577. The largest absolute Gasteiger partial charge is 0.493 e. The van der Waals surface area contributed by atoms with Gasteiger partial charge >= 0.3 is 0 Å². The van der Waals surface area contributed by atoms with Crippen LogP contribution >= 0.6 is 0 Å². The van der Waals surface area contributed by atoms with Gasteiger partial charge in [0.1, 0.15) is 0 Å². The lowest BCUT2D eigenvalue weighted by Crippen LogP contribution is -2.56. The summed E-state index contributed by atoms with van der Waals surface area (Å²) in [6, 6.07) is 5.55. The number of methoxy groups -OCH3 is 2. The second-order valence-electron chi connectivity index (χ2n) is 9.75. The fourth-order valence-electron chi connectivity index (χ4n) is 5.67. The van der Waals surface area contributed by atoms with E-state index < -0.39 is 0 Å². The molecule has 184 valence electrons. The number of hydrazone groups is 1. The number of carbonyl (C=O) groups excluding carboxylic acids is 2. The highest BCUT2D eigenvalue weighted by atomic mass is 16.5. The van der Waals surface area contributed by atoms with Crippen LogP contribution < -0.4 is 15.2 Å². The van der Waals surface area contributed by atoms with Crippen LogP contribution in [0, 0.1) is 17.8 Å². The van der Waals surface area contributed by atoms with Crippen molar-refractivity contribution in [3.05, 3.63) is 35.9 Å². The van der Waals surface area contributed by atoms with Crippen molar-refractivity contribution in [1.29, 1.82) is 0 Å². The summed E-state index contributed by atoms with van der Waals surface area (Å²) >= 11 is 0. The highest BCUT2D eigenvalue weighted by Crippen LogP contribution is 2.38. The summed E-state index contributed by atoms with van der Waals surface area (Å²) in [6.45, 7) is 5.48. The Morgan fingerprint density at radius 1 is 1.06 bits per heavy atom. The first kappa shape index (κ1) is 24.3. The minimum atomic E-state index is -0.284. The van der Waals surface area contributed by atoms with E-state index in [1.54, 1.807) is 19.2 Å². The van der Waals surface area contributed by atoms with Crippen LogP contribution in [-0.2, 0) is 9.59 Å². The van der Waals surface area contributed by atoms with Crippen molar-refractivity contribution >= 4 is 17.5 Å². The van der Waals surface area contributed by atoms with Crippen LogP contribution in [0.5, 0.6) is 11.5 Å². The number of ether oxygens (including phenoxy) is 2. The molecule has 2 heterocycles. The molecule has 1 saturated heterocycles. The van der Waals surface area contributed by atoms with E-state index in [9.17, 15) is 9.59 Å². The Morgan fingerprint density at radius 3 is 2.29 bits per heavy atom. The Hall–Kier alpha value is -2.87. The average Bonchev–Trinajstić information content (AvgIpc) is 2.84. The Bertz CT molecular complexity index is 981. The van der Waals surface area contributed by atoms with Crippen LogP contribution in [0.15, 0.2) is 35.5 Å². The highest BCUT2D eigenvalue weighted by Gasteiger charge is 2.43. The summed E-state index contributed by atoms with van der Waals surface area (Å²) in [5, 5.41) is 6.71. The topological polar surface area (TPSA) is 97.5 Å². The molecule has 1 aromatic carbocycles. The van der Waals surface area contributed by atoms with Crippen LogP contribution in [-0.4, -0.2) is 66.8 Å². The number of primary amides is 1. The Labute approximate surface area is 201 Å². The number of amides is 2. The van der Waals surface area contributed by atoms with E-state index >= 15 is 0 Å². The highest BCUT2D eigenvalue weighted by molar-refractivity contribution is 6.07. The van der Waals surface area contributed by atoms with Gasteiger partial charge in [0, 0.05) is 24.6 Å². The van der Waals surface area contributed by atoms with E-state index in [0.717, 1.165) is 50.0 Å². The lowest BCUT2D eigenvalue weighted by Gasteiger charge is -2.44. The molecule has 4 rings (SSSR count). The molecule has 8 heteroatoms. The fourth-order valence-corrected chi connectivity index (χ4v) is 5.67. The molecule has 1 aromatic rings. The number of allylic oxidation sites excluding steroid dienone is 2. The van der Waals surface area contributed by atoms with Gasteiger partial charge in [-0.2, -0.15) is 5.10 Å². The van der Waals surface area contributed by atoms with Crippen molar-refractivity contribution < 1.29 is 19.1 Å². The zero-order chi connectivity index (χ0) is 24.4. The summed E-state index contributed by atoms with van der Waals surface area (Å²) < 4.78 is 10.9. The smallest absolute Gasteiger partial charge is 0.247 e. The Kier molecular flexibility index (Phi) is 7.26. The molecule has 1 unspecified atom stereocenters. The number of carbonyl (C=O) groups is 2. The van der Waals surface area contributed by atoms with Crippen LogP contribution in [0.25, 0.3) is 0 Å². The molecule has 2 N–H and O–H groups in total. The quantitative estimate of drug-likeness (QED) is 0.621. The van der Waals surface area contributed by atoms with Gasteiger partial charge in [0.2, 0.25) is 11.8 Å². The molecule has 34 heavy (non-hydrogen) atoms. The maximum Gasteiger partial charge on any atom is 0.247 e. The van der Waals surface area contributed by atoms with E-state index in [4.69, 9.17) is 20.3 Å². The van der Waals surface area contributed by atoms with E-state index in [0.29, 0.717) is 11.5 Å². The monoisotopic (exact) mass is 468 g/mol. The molecule has 0 bridgehead atoms. The van der Waals surface area contributed by atoms with Crippen molar-refractivity contribution in [3.63, 3.8) is 0 Å². The maximum atomic E-state index is 13.5. The van der Waals surface area contributed by atoms with Crippen LogP contribution in [0.4, 0.5) is 0 Å². The Balaban J connectivity index is 1.62. The second kappa shape index (κ2) is 10.2. The molecule has 3 atom stereocenters. The van der Waals surface area contributed by atoms with Gasteiger partial charge in [-0.25, -0.2) is 5.01 Å². The van der Waals surface area contributed by atoms with Gasteiger partial charge in [-0.3, -0.25) is 14.5 Å². The molecule has 0 aromatic heterocycles. The lowest BCUT2D eigenvalue weighted by atomic mass is 9.76. The van der Waals surface area contributed by atoms with Gasteiger partial charge in [-0.1, -0.05) is 26.0 Å². The SMILES string of the molecule is COc1ccc(C2=NN(C3CCN(C(C(N)=O)C(C)C)CC3)C(=O)[C@@H]3CC=CC[C@H]23)cc1OC. The molecule has 2 aliphatic heterocycles. The third-order valence-corrected chi connectivity index (χ3v) is 7.38. The average molecular weight is 469 g/mol. The van der Waals surface area contributed by atoms with Gasteiger partial charge in [-0.15, -0.1) is 0 Å². The number of nitrogens with zero attached hydrogens (tertiary/aromatic N) is 3. The molecule has 0 saturated carbocycles. The van der Waals surface area contributed by atoms with E-state index in [2.05, 4.69) is 17.1 Å². The van der Waals surface area contributed by atoms with Crippen molar-refractivity contribution in [2.45, 2.75) is 51.6 Å². The zero-order valence-electron chi connectivity index (χ0n) is 20.6. The molecular weight excluding hydrogens is 432 g/mol. The van der Waals surface area contributed by atoms with Crippen molar-refractivity contribution in [3.8, 4) is 11.5 Å². The number of benzene rings is 1. The first-order chi connectivity index (χ1) is 16.3. The first-order valence-corrected chi connectivity index (χ1v) is 12.2. The Morgan fingerprint density at radius 2 is 1.71 bits per heavy atom. The third-order valence-electron chi connectivity index (χ3n) is 7.38. The standard InChI is InChI=1S/C26H36N4O4/c1-16(2)24(25(27)31)29-13-11-18(12-14-29)30-26(32)20-8-6-5-7-19(20)23(28-30)17-9-10-21(33-3)22(15-17)34-4/h5-6,9-10,15-16,18-20,24H,7-8,11-14H2,1-4H3,(H2,27,31)/t19-,20+,24?/m0/s1. The van der Waals surface area contributed by atoms with Crippen LogP contribution in [0.2, 0.25) is 0 Å². The number of nitrogens with two attached hydrogens (primary N) is 1. The third kappa shape index (κ3) is 4.56. The molecule has 1 aliphatic carbocycles. The normalized spacial score (nSPS) is 24.6. The number of hydrogen-bond acceptors (Lipinski definition) is 6. The molecule has 3 aliphatic rings. The molecular formula is C26H36N4O4. The number of hydrogen-bond donors (Lipinski definition) is 1. The summed E-state index contributed by atoms with van der Waals surface area (Å²) in [6.07, 6.45) is 7.30. The van der Waals surface area contributed by atoms with E-state index in [-0.39, 0.29) is 41.7 Å². The zero-order valence-corrected chi connectivity index (χ0v) is 20.6. The summed E-state index contributed by atoms with van der Waals surface area (Å²) in [4.78, 5) is 27.7. The van der Waals surface area contributed by atoms with E-state index in [1.165, 1.54) is 0 Å². The number of fused-ring (bicyclic) bond motifs is 1. The van der Waals surface area contributed by atoms with Gasteiger partial charge in [-0.05, 0) is 49.8 Å². The van der Waals surface area contributed by atoms with Gasteiger partial charge in [0.05, 0.1) is 37.9 Å². The molecule has 8 nitrogen and oxygen atoms in total. The number of piperidine rings is 1. The first-order valence-electron chi connectivity index (χ1n) is 12.2. The second-order valence-corrected chi connectivity index (χ2v) is 9.75. The number of rotatable bonds is 7. The number of likely N-dealkylation sites (tertiary alicyclic amines) is 1. The van der Waals surface area contributed by atoms with Crippen molar-refractivity contribution in [2.75, 3.05) is 27.3 Å².